The first kappa shape index (κ1) is 30.4. The minimum absolute atomic E-state index is 0.152. The molecule has 1 saturated carbocycles. The van der Waals surface area contributed by atoms with E-state index in [0.29, 0.717) is 23.4 Å². The van der Waals surface area contributed by atoms with Crippen LogP contribution in [0.15, 0.2) is 36.0 Å². The third-order valence-electron chi connectivity index (χ3n) is 6.50. The molecule has 0 saturated heterocycles. The first-order valence-corrected chi connectivity index (χ1v) is 14.0. The molecule has 9 heteroatoms. The lowest BCUT2D eigenvalue weighted by Crippen LogP contribution is -2.42. The molecule has 1 unspecified atom stereocenters. The van der Waals surface area contributed by atoms with Crippen LogP contribution < -0.4 is 10.1 Å². The Kier molecular flexibility index (Phi) is 10.4. The fourth-order valence-electron chi connectivity index (χ4n) is 3.93. The van der Waals surface area contributed by atoms with Crippen molar-refractivity contribution < 1.29 is 22.3 Å². The molecule has 7 nitrogen and oxygen atoms in total. The summed E-state index contributed by atoms with van der Waals surface area (Å²) in [7, 11) is 1.18. The van der Waals surface area contributed by atoms with E-state index in [1.54, 1.807) is 67.4 Å². The minimum Gasteiger partial charge on any atom is -0.495 e. The Hall–Kier alpha value is -2.78. The molecule has 204 valence electrons. The third kappa shape index (κ3) is 7.38. The molecule has 0 spiro atoms. The fourth-order valence-corrected chi connectivity index (χ4v) is 5.71. The van der Waals surface area contributed by atoms with Crippen LogP contribution in [0.3, 0.4) is 0 Å². The molecule has 0 aliphatic heterocycles. The highest BCUT2D eigenvalue weighted by Crippen LogP contribution is 2.38. The van der Waals surface area contributed by atoms with Gasteiger partial charge in [-0.05, 0) is 86.9 Å². The van der Waals surface area contributed by atoms with Crippen LogP contribution in [-0.4, -0.2) is 50.9 Å². The van der Waals surface area contributed by atoms with Gasteiger partial charge in [-0.1, -0.05) is 13.8 Å². The average Bonchev–Trinajstić information content (AvgIpc) is 3.68. The second-order valence-electron chi connectivity index (χ2n) is 9.81. The lowest BCUT2D eigenvalue weighted by atomic mass is 10.0. The van der Waals surface area contributed by atoms with Gasteiger partial charge in [-0.3, -0.25) is 4.98 Å². The monoisotopic (exact) mass is 533 g/mol. The van der Waals surface area contributed by atoms with E-state index in [1.807, 2.05) is 13.0 Å². The highest BCUT2D eigenvalue weighted by atomic mass is 32.2. The van der Waals surface area contributed by atoms with Crippen LogP contribution in [0.1, 0.15) is 69.7 Å². The molecule has 1 atom stereocenters. The largest absolute Gasteiger partial charge is 0.495 e. The number of allylic oxidation sites excluding steroid dienone is 1. The molecule has 1 fully saturated rings. The van der Waals surface area contributed by atoms with Crippen molar-refractivity contribution in [1.29, 1.82) is 5.41 Å². The number of benzene rings is 1. The number of nitrogens with zero attached hydrogens (tertiary/aromatic N) is 1. The van der Waals surface area contributed by atoms with Gasteiger partial charge in [0.1, 0.15) is 16.3 Å². The van der Waals surface area contributed by atoms with Crippen LogP contribution in [0.25, 0.3) is 5.70 Å². The number of methoxy groups -OCH3 is 2. The van der Waals surface area contributed by atoms with Crippen molar-refractivity contribution >= 4 is 26.9 Å². The van der Waals surface area contributed by atoms with Gasteiger partial charge < -0.3 is 20.2 Å². The maximum Gasteiger partial charge on any atom is 0.161 e. The summed E-state index contributed by atoms with van der Waals surface area (Å²) in [5.74, 6) is -0.584. The van der Waals surface area contributed by atoms with Crippen molar-refractivity contribution in [3.05, 3.63) is 58.7 Å². The molecule has 1 aliphatic rings. The number of nitrogens with one attached hydrogen (secondary N) is 2. The van der Waals surface area contributed by atoms with Crippen molar-refractivity contribution in [2.45, 2.75) is 64.5 Å². The number of pyridine rings is 1. The van der Waals surface area contributed by atoms with Gasteiger partial charge in [-0.15, -0.1) is 0 Å². The first-order valence-electron chi connectivity index (χ1n) is 12.3. The number of anilines is 1. The van der Waals surface area contributed by atoms with Crippen molar-refractivity contribution in [2.75, 3.05) is 32.4 Å². The lowest BCUT2D eigenvalue weighted by Gasteiger charge is -2.27. The normalized spacial score (nSPS) is 13.8. The van der Waals surface area contributed by atoms with Gasteiger partial charge in [0.2, 0.25) is 0 Å². The van der Waals surface area contributed by atoms with Gasteiger partial charge in [0.25, 0.3) is 0 Å². The smallest absolute Gasteiger partial charge is 0.161 e. The van der Waals surface area contributed by atoms with Gasteiger partial charge in [0.05, 0.1) is 30.5 Å². The molecule has 1 heterocycles. The average molecular weight is 534 g/mol. The van der Waals surface area contributed by atoms with E-state index in [2.05, 4.69) is 15.0 Å². The Morgan fingerprint density at radius 1 is 1.22 bits per heavy atom. The Balaban J connectivity index is 0.00000153. The third-order valence-corrected chi connectivity index (χ3v) is 9.24. The van der Waals surface area contributed by atoms with Crippen LogP contribution >= 0.6 is 0 Å². The maximum absolute atomic E-state index is 14.8. The van der Waals surface area contributed by atoms with E-state index in [4.69, 9.17) is 10.1 Å². The van der Waals surface area contributed by atoms with Crippen molar-refractivity contribution in [1.82, 2.24) is 4.98 Å². The van der Waals surface area contributed by atoms with Crippen LogP contribution in [0.5, 0.6) is 5.75 Å². The highest BCUT2D eigenvalue weighted by molar-refractivity contribution is 7.93. The predicted octanol–water partition coefficient (Wildman–Crippen LogP) is 6.14. The number of hydrogen-bond donors (Lipinski definition) is 2. The minimum atomic E-state index is -3.67. The van der Waals surface area contributed by atoms with Crippen molar-refractivity contribution in [3.63, 3.8) is 0 Å². The summed E-state index contributed by atoms with van der Waals surface area (Å²) in [6.45, 7) is 8.54. The van der Waals surface area contributed by atoms with Gasteiger partial charge in [0, 0.05) is 25.6 Å². The number of halogens is 1. The van der Waals surface area contributed by atoms with Gasteiger partial charge in [-0.2, -0.15) is 0 Å². The number of ether oxygens (including phenoxy) is 2. The Morgan fingerprint density at radius 3 is 2.35 bits per heavy atom. The number of rotatable bonds is 10. The molecule has 1 aliphatic carbocycles. The number of hydrogen-bond acceptors (Lipinski definition) is 7. The zero-order valence-corrected chi connectivity index (χ0v) is 24.0. The standard InChI is InChI=1S/C26H34FN3O3S.C2H6O/c1-7-23(28)26(4,5)34(31,32)15-17(3)21-13-19(10-11-22(21)27)30-25(18-8-9-18)24-16(2)12-20(33-6)14-29-24;1-3-2/h10-14,17,28,30H,7-9,15H2,1-6H3;1-2H3. The van der Waals surface area contributed by atoms with E-state index in [0.717, 1.165) is 29.8 Å². The second kappa shape index (κ2) is 12.6. The summed E-state index contributed by atoms with van der Waals surface area (Å²) in [5, 5.41) is 11.5. The van der Waals surface area contributed by atoms with Crippen molar-refractivity contribution in [2.24, 2.45) is 0 Å². The molecule has 0 radical (unpaired) electrons. The number of aryl methyl sites for hydroxylation is 1. The Labute approximate surface area is 220 Å². The lowest BCUT2D eigenvalue weighted by molar-refractivity contribution is 0.277. The number of aromatic nitrogens is 1. The zero-order chi connectivity index (χ0) is 28.0. The Morgan fingerprint density at radius 2 is 1.84 bits per heavy atom. The van der Waals surface area contributed by atoms with E-state index in [1.165, 1.54) is 11.6 Å². The summed E-state index contributed by atoms with van der Waals surface area (Å²) in [5.41, 5.74) is 5.06. The maximum atomic E-state index is 14.8. The molecule has 0 amide bonds. The second-order valence-corrected chi connectivity index (χ2v) is 12.4. The SMILES string of the molecule is CCC(=N)C(C)(C)S(=O)(=O)CC(C)c1cc(NC(=C2CC2)c2ncc(OC)cc2C)ccc1F.COC. The summed E-state index contributed by atoms with van der Waals surface area (Å²) in [4.78, 5) is 4.56. The molecule has 37 heavy (non-hydrogen) atoms. The fraction of sp³-hybridized carbons (Fsp3) is 0.500. The van der Waals surface area contributed by atoms with E-state index >= 15 is 0 Å². The zero-order valence-electron chi connectivity index (χ0n) is 23.2. The topological polar surface area (TPSA) is 101 Å². The molecule has 3 rings (SSSR count). The molecule has 1 aromatic heterocycles. The van der Waals surface area contributed by atoms with E-state index < -0.39 is 26.3 Å². The quantitative estimate of drug-likeness (QED) is 0.356. The van der Waals surface area contributed by atoms with Gasteiger partial charge >= 0.3 is 0 Å². The highest BCUT2D eigenvalue weighted by Gasteiger charge is 2.39. The van der Waals surface area contributed by atoms with Gasteiger partial charge in [-0.25, -0.2) is 12.8 Å². The van der Waals surface area contributed by atoms with Crippen LogP contribution in [0.2, 0.25) is 0 Å². The van der Waals surface area contributed by atoms with Crippen LogP contribution in [-0.2, 0) is 14.6 Å². The van der Waals surface area contributed by atoms with Crippen LogP contribution in [0, 0.1) is 18.2 Å². The molecule has 2 N–H and O–H groups in total. The molecule has 2 aromatic rings. The summed E-state index contributed by atoms with van der Waals surface area (Å²) in [6, 6.07) is 6.61. The first-order chi connectivity index (χ1) is 17.3. The summed E-state index contributed by atoms with van der Waals surface area (Å²) >= 11 is 0. The van der Waals surface area contributed by atoms with E-state index in [9.17, 15) is 12.8 Å². The van der Waals surface area contributed by atoms with E-state index in [-0.39, 0.29) is 11.5 Å². The van der Waals surface area contributed by atoms with Gasteiger partial charge in [0.15, 0.2) is 9.84 Å². The predicted molar refractivity (Wildman–Crippen MR) is 149 cm³/mol. The number of sulfone groups is 1. The van der Waals surface area contributed by atoms with Crippen LogP contribution in [0.4, 0.5) is 10.1 Å². The molecule has 1 aromatic carbocycles. The molecule has 0 bridgehead atoms. The molecular weight excluding hydrogens is 493 g/mol. The summed E-state index contributed by atoms with van der Waals surface area (Å²) in [6.07, 6.45) is 3.96. The Bertz CT molecular complexity index is 1250. The molecular formula is C28H40FN3O4S. The summed E-state index contributed by atoms with van der Waals surface area (Å²) < 4.78 is 49.2. The van der Waals surface area contributed by atoms with Crippen molar-refractivity contribution in [3.8, 4) is 5.75 Å².